The zero-order chi connectivity index (χ0) is 17.5. The van der Waals surface area contributed by atoms with Crippen LogP contribution < -0.4 is 5.73 Å². The molecular weight excluding hydrogens is 314 g/mol. The molecule has 7 heteroatoms. The molecule has 0 heterocycles. The van der Waals surface area contributed by atoms with E-state index in [0.717, 1.165) is 32.1 Å². The van der Waals surface area contributed by atoms with E-state index < -0.39 is 24.3 Å². The van der Waals surface area contributed by atoms with Gasteiger partial charge < -0.3 is 19.9 Å². The van der Waals surface area contributed by atoms with Crippen LogP contribution in [0.3, 0.4) is 0 Å². The summed E-state index contributed by atoms with van der Waals surface area (Å²) in [6.07, 6.45) is 2.82. The van der Waals surface area contributed by atoms with Gasteiger partial charge in [0.25, 0.3) is 0 Å². The van der Waals surface area contributed by atoms with E-state index in [2.05, 4.69) is 0 Å². The molecule has 1 aliphatic carbocycles. The Hall–Kier alpha value is -2.57. The topological polar surface area (TPSA) is 105 Å². The molecule has 0 bridgehead atoms. The van der Waals surface area contributed by atoms with E-state index in [9.17, 15) is 14.4 Å². The Morgan fingerprint density at radius 1 is 1.00 bits per heavy atom. The van der Waals surface area contributed by atoms with Crippen LogP contribution in [-0.4, -0.2) is 30.4 Å². The van der Waals surface area contributed by atoms with Gasteiger partial charge >= 0.3 is 12.1 Å². The first-order valence-electron chi connectivity index (χ1n) is 7.94. The van der Waals surface area contributed by atoms with E-state index in [1.54, 1.807) is 0 Å². The SMILES string of the molecule is CC(OC(=O)OC1CCCCC1)OC(=O)c1ccc(C(N)=O)cc1. The summed E-state index contributed by atoms with van der Waals surface area (Å²) < 4.78 is 15.1. The van der Waals surface area contributed by atoms with E-state index >= 15 is 0 Å². The first kappa shape index (κ1) is 17.8. The molecule has 1 saturated carbocycles. The summed E-state index contributed by atoms with van der Waals surface area (Å²) in [6.45, 7) is 1.43. The summed E-state index contributed by atoms with van der Waals surface area (Å²) in [7, 11) is 0. The summed E-state index contributed by atoms with van der Waals surface area (Å²) in [5.41, 5.74) is 5.63. The summed E-state index contributed by atoms with van der Waals surface area (Å²) in [4.78, 5) is 34.6. The third kappa shape index (κ3) is 5.26. The fraction of sp³-hybridized carbons (Fsp3) is 0.471. The van der Waals surface area contributed by atoms with Crippen molar-refractivity contribution in [3.63, 3.8) is 0 Å². The van der Waals surface area contributed by atoms with Gasteiger partial charge in [-0.2, -0.15) is 0 Å². The molecule has 1 fully saturated rings. The fourth-order valence-electron chi connectivity index (χ4n) is 2.50. The van der Waals surface area contributed by atoms with Crippen LogP contribution in [0.15, 0.2) is 24.3 Å². The minimum Gasteiger partial charge on any atom is -0.431 e. The smallest absolute Gasteiger partial charge is 0.431 e. The molecule has 1 atom stereocenters. The molecule has 130 valence electrons. The number of hydrogen-bond acceptors (Lipinski definition) is 6. The lowest BCUT2D eigenvalue weighted by Gasteiger charge is -2.22. The van der Waals surface area contributed by atoms with Crippen molar-refractivity contribution in [1.29, 1.82) is 0 Å². The minimum atomic E-state index is -1.08. The monoisotopic (exact) mass is 335 g/mol. The molecule has 1 amide bonds. The minimum absolute atomic E-state index is 0.129. The van der Waals surface area contributed by atoms with Crippen molar-refractivity contribution >= 4 is 18.0 Å². The van der Waals surface area contributed by atoms with E-state index in [1.165, 1.54) is 31.2 Å². The Bertz CT molecular complexity index is 592. The van der Waals surface area contributed by atoms with Gasteiger partial charge in [-0.05, 0) is 49.9 Å². The standard InChI is InChI=1S/C17H21NO6/c1-11(23-17(21)24-14-5-3-2-4-6-14)22-16(20)13-9-7-12(8-10-13)15(18)19/h7-11,14H,2-6H2,1H3,(H2,18,19). The van der Waals surface area contributed by atoms with E-state index in [1.807, 2.05) is 0 Å². The molecule has 2 rings (SSSR count). The molecule has 1 aromatic carbocycles. The molecule has 0 saturated heterocycles. The van der Waals surface area contributed by atoms with Crippen LogP contribution in [0.4, 0.5) is 4.79 Å². The van der Waals surface area contributed by atoms with Crippen molar-refractivity contribution in [1.82, 2.24) is 0 Å². The summed E-state index contributed by atoms with van der Waals surface area (Å²) in [5, 5.41) is 0. The second kappa shape index (κ2) is 8.33. The zero-order valence-electron chi connectivity index (χ0n) is 13.5. The van der Waals surface area contributed by atoms with E-state index in [4.69, 9.17) is 19.9 Å². The summed E-state index contributed by atoms with van der Waals surface area (Å²) in [6, 6.07) is 5.66. The number of hydrogen-bond donors (Lipinski definition) is 1. The largest absolute Gasteiger partial charge is 0.511 e. The number of primary amides is 1. The van der Waals surface area contributed by atoms with Crippen molar-refractivity contribution in [2.24, 2.45) is 5.73 Å². The lowest BCUT2D eigenvalue weighted by atomic mass is 9.98. The van der Waals surface area contributed by atoms with Gasteiger partial charge in [0.2, 0.25) is 12.2 Å². The maximum atomic E-state index is 11.9. The van der Waals surface area contributed by atoms with Crippen LogP contribution in [-0.2, 0) is 14.2 Å². The van der Waals surface area contributed by atoms with Crippen molar-refractivity contribution in [2.75, 3.05) is 0 Å². The molecule has 7 nitrogen and oxygen atoms in total. The van der Waals surface area contributed by atoms with Crippen molar-refractivity contribution in [2.45, 2.75) is 51.4 Å². The van der Waals surface area contributed by atoms with Gasteiger partial charge in [-0.3, -0.25) is 4.79 Å². The predicted octanol–water partition coefficient (Wildman–Crippen LogP) is 2.77. The van der Waals surface area contributed by atoms with E-state index in [-0.39, 0.29) is 17.2 Å². The molecular formula is C17H21NO6. The van der Waals surface area contributed by atoms with Gasteiger partial charge in [-0.25, -0.2) is 9.59 Å². The average molecular weight is 335 g/mol. The van der Waals surface area contributed by atoms with Crippen LogP contribution in [0.2, 0.25) is 0 Å². The van der Waals surface area contributed by atoms with Gasteiger partial charge in [0.05, 0.1) is 5.56 Å². The highest BCUT2D eigenvalue weighted by molar-refractivity contribution is 5.95. The van der Waals surface area contributed by atoms with Crippen LogP contribution in [0.1, 0.15) is 59.7 Å². The molecule has 0 spiro atoms. The maximum Gasteiger partial charge on any atom is 0.511 e. The van der Waals surface area contributed by atoms with Crippen LogP contribution in [0, 0.1) is 0 Å². The van der Waals surface area contributed by atoms with Crippen molar-refractivity contribution in [3.8, 4) is 0 Å². The highest BCUT2D eigenvalue weighted by Crippen LogP contribution is 2.21. The average Bonchev–Trinajstić information content (AvgIpc) is 2.55. The van der Waals surface area contributed by atoms with Crippen LogP contribution >= 0.6 is 0 Å². The lowest BCUT2D eigenvalue weighted by molar-refractivity contribution is -0.0914. The van der Waals surface area contributed by atoms with Crippen LogP contribution in [0.5, 0.6) is 0 Å². The Kier molecular flexibility index (Phi) is 6.17. The second-order valence-electron chi connectivity index (χ2n) is 5.66. The normalized spacial score (nSPS) is 16.0. The number of nitrogens with two attached hydrogens (primary N) is 1. The highest BCUT2D eigenvalue weighted by Gasteiger charge is 2.21. The fourth-order valence-corrected chi connectivity index (χ4v) is 2.50. The highest BCUT2D eigenvalue weighted by atomic mass is 16.8. The Balaban J connectivity index is 1.80. The maximum absolute atomic E-state index is 11.9. The van der Waals surface area contributed by atoms with Crippen molar-refractivity contribution < 1.29 is 28.6 Å². The molecule has 2 N–H and O–H groups in total. The third-order valence-corrected chi connectivity index (χ3v) is 3.76. The molecule has 0 aliphatic heterocycles. The zero-order valence-corrected chi connectivity index (χ0v) is 13.5. The number of carbonyl (C=O) groups is 3. The summed E-state index contributed by atoms with van der Waals surface area (Å²) >= 11 is 0. The Labute approximate surface area is 140 Å². The molecule has 1 aliphatic rings. The molecule has 1 aromatic rings. The quantitative estimate of drug-likeness (QED) is 0.655. The number of esters is 1. The predicted molar refractivity (Wildman–Crippen MR) is 84.3 cm³/mol. The van der Waals surface area contributed by atoms with Gasteiger partial charge in [0, 0.05) is 12.5 Å². The van der Waals surface area contributed by atoms with Gasteiger partial charge in [-0.1, -0.05) is 6.42 Å². The third-order valence-electron chi connectivity index (χ3n) is 3.76. The Morgan fingerprint density at radius 2 is 1.58 bits per heavy atom. The first-order chi connectivity index (χ1) is 11.5. The van der Waals surface area contributed by atoms with Gasteiger partial charge in [0.15, 0.2) is 0 Å². The molecule has 24 heavy (non-hydrogen) atoms. The van der Waals surface area contributed by atoms with Gasteiger partial charge in [0.1, 0.15) is 6.10 Å². The van der Waals surface area contributed by atoms with Gasteiger partial charge in [-0.15, -0.1) is 0 Å². The molecule has 1 unspecified atom stereocenters. The van der Waals surface area contributed by atoms with E-state index in [0.29, 0.717) is 0 Å². The lowest BCUT2D eigenvalue weighted by Crippen LogP contribution is -2.26. The number of benzene rings is 1. The second-order valence-corrected chi connectivity index (χ2v) is 5.66. The Morgan fingerprint density at radius 3 is 2.17 bits per heavy atom. The molecule has 0 radical (unpaired) electrons. The summed E-state index contributed by atoms with van der Waals surface area (Å²) in [5.74, 6) is -1.26. The number of amides is 1. The van der Waals surface area contributed by atoms with Crippen LogP contribution in [0.25, 0.3) is 0 Å². The molecule has 0 aromatic heterocycles. The number of carbonyl (C=O) groups excluding carboxylic acids is 3. The number of rotatable bonds is 5. The van der Waals surface area contributed by atoms with Crippen molar-refractivity contribution in [3.05, 3.63) is 35.4 Å². The number of ether oxygens (including phenoxy) is 3. The first-order valence-corrected chi connectivity index (χ1v) is 7.94.